The zero-order valence-electron chi connectivity index (χ0n) is 15.0. The molecule has 3 aliphatic rings. The molecule has 6 nitrogen and oxygen atoms in total. The number of nitrogens with one attached hydrogen (secondary N) is 1. The molecule has 4 rings (SSSR count). The number of nitrogens with zero attached hydrogens (tertiary/aromatic N) is 1. The molecule has 1 aromatic carbocycles. The topological polar surface area (TPSA) is 71.0 Å². The number of aliphatic hydroxyl groups is 1. The van der Waals surface area contributed by atoms with E-state index >= 15 is 0 Å². The first-order chi connectivity index (χ1) is 12.7. The Morgan fingerprint density at radius 3 is 2.62 bits per heavy atom. The molecule has 0 aliphatic carbocycles. The zero-order chi connectivity index (χ0) is 17.9. The second-order valence-corrected chi connectivity index (χ2v) is 7.75. The van der Waals surface area contributed by atoms with Crippen LogP contribution in [-0.4, -0.2) is 66.6 Å². The monoisotopic (exact) mass is 360 g/mol. The van der Waals surface area contributed by atoms with Crippen LogP contribution in [0.4, 0.5) is 0 Å². The Labute approximate surface area is 154 Å². The van der Waals surface area contributed by atoms with Gasteiger partial charge in [-0.2, -0.15) is 0 Å². The Bertz CT molecular complexity index is 603. The third-order valence-electron chi connectivity index (χ3n) is 5.80. The van der Waals surface area contributed by atoms with Crippen molar-refractivity contribution in [3.8, 4) is 0 Å². The molecule has 1 amide bonds. The van der Waals surface area contributed by atoms with Crippen molar-refractivity contribution in [1.29, 1.82) is 0 Å². The maximum absolute atomic E-state index is 12.4. The fourth-order valence-corrected chi connectivity index (χ4v) is 4.32. The van der Waals surface area contributed by atoms with Gasteiger partial charge in [-0.25, -0.2) is 0 Å². The second-order valence-electron chi connectivity index (χ2n) is 7.75. The SMILES string of the molecule is O=C(CC1CCN(Cc2ccccc2)CC1)N[C@H]1CO[C@H]2[C@@H]1OC[C@@H]2O. The summed E-state index contributed by atoms with van der Waals surface area (Å²) in [5.41, 5.74) is 1.35. The first-order valence-corrected chi connectivity index (χ1v) is 9.66. The van der Waals surface area contributed by atoms with E-state index in [0.717, 1.165) is 32.5 Å². The Morgan fingerprint density at radius 2 is 1.85 bits per heavy atom. The van der Waals surface area contributed by atoms with Crippen LogP contribution in [0.1, 0.15) is 24.8 Å². The molecule has 0 bridgehead atoms. The molecular weight excluding hydrogens is 332 g/mol. The maximum atomic E-state index is 12.4. The summed E-state index contributed by atoms with van der Waals surface area (Å²) in [6, 6.07) is 10.4. The summed E-state index contributed by atoms with van der Waals surface area (Å²) in [5.74, 6) is 0.515. The van der Waals surface area contributed by atoms with Crippen molar-refractivity contribution in [3.63, 3.8) is 0 Å². The van der Waals surface area contributed by atoms with Gasteiger partial charge >= 0.3 is 0 Å². The van der Waals surface area contributed by atoms with Gasteiger partial charge in [0.15, 0.2) is 0 Å². The maximum Gasteiger partial charge on any atom is 0.220 e. The van der Waals surface area contributed by atoms with E-state index in [-0.39, 0.29) is 24.2 Å². The highest BCUT2D eigenvalue weighted by molar-refractivity contribution is 5.76. The van der Waals surface area contributed by atoms with Crippen molar-refractivity contribution in [2.45, 2.75) is 50.2 Å². The number of piperidine rings is 1. The van der Waals surface area contributed by atoms with Crippen LogP contribution >= 0.6 is 0 Å². The molecule has 6 heteroatoms. The van der Waals surface area contributed by atoms with Gasteiger partial charge in [-0.1, -0.05) is 30.3 Å². The van der Waals surface area contributed by atoms with E-state index in [1.807, 2.05) is 6.07 Å². The molecule has 0 aromatic heterocycles. The summed E-state index contributed by atoms with van der Waals surface area (Å²) in [4.78, 5) is 14.9. The van der Waals surface area contributed by atoms with Crippen LogP contribution in [0.2, 0.25) is 0 Å². The average Bonchev–Trinajstić information content (AvgIpc) is 3.21. The molecule has 142 valence electrons. The second kappa shape index (κ2) is 8.05. The highest BCUT2D eigenvalue weighted by Gasteiger charge is 2.47. The molecule has 3 heterocycles. The van der Waals surface area contributed by atoms with E-state index < -0.39 is 6.10 Å². The van der Waals surface area contributed by atoms with Gasteiger partial charge in [-0.05, 0) is 37.4 Å². The highest BCUT2D eigenvalue weighted by Crippen LogP contribution is 2.27. The van der Waals surface area contributed by atoms with E-state index in [1.54, 1.807) is 0 Å². The molecule has 4 atom stereocenters. The van der Waals surface area contributed by atoms with Crippen molar-refractivity contribution >= 4 is 5.91 Å². The van der Waals surface area contributed by atoms with Crippen LogP contribution in [0.3, 0.4) is 0 Å². The first-order valence-electron chi connectivity index (χ1n) is 9.66. The minimum Gasteiger partial charge on any atom is -0.388 e. The van der Waals surface area contributed by atoms with Crippen LogP contribution in [0.25, 0.3) is 0 Å². The number of carbonyl (C=O) groups is 1. The van der Waals surface area contributed by atoms with Gasteiger partial charge in [0.05, 0.1) is 19.3 Å². The van der Waals surface area contributed by atoms with Gasteiger partial charge in [0.25, 0.3) is 0 Å². The number of rotatable bonds is 5. The largest absolute Gasteiger partial charge is 0.388 e. The summed E-state index contributed by atoms with van der Waals surface area (Å²) >= 11 is 0. The normalized spacial score (nSPS) is 32.5. The van der Waals surface area contributed by atoms with Gasteiger partial charge in [0.1, 0.15) is 18.3 Å². The predicted molar refractivity (Wildman–Crippen MR) is 96.5 cm³/mol. The van der Waals surface area contributed by atoms with E-state index in [1.165, 1.54) is 5.56 Å². The molecule has 1 aromatic rings. The Kier molecular flexibility index (Phi) is 5.55. The Balaban J connectivity index is 1.19. The standard InChI is InChI=1S/C20H28N2O4/c23-17-13-26-19-16(12-25-20(17)19)21-18(24)10-14-6-8-22(9-7-14)11-15-4-2-1-3-5-15/h1-5,14,16-17,19-20,23H,6-13H2,(H,21,24)/t16-,17-,19+,20+/m0/s1. The molecule has 0 radical (unpaired) electrons. The van der Waals surface area contributed by atoms with Crippen LogP contribution in [0, 0.1) is 5.92 Å². The van der Waals surface area contributed by atoms with Crippen molar-refractivity contribution < 1.29 is 19.4 Å². The fourth-order valence-electron chi connectivity index (χ4n) is 4.32. The predicted octanol–water partition coefficient (Wildman–Crippen LogP) is 0.932. The Hall–Kier alpha value is -1.47. The molecule has 3 aliphatic heterocycles. The minimum atomic E-state index is -0.573. The van der Waals surface area contributed by atoms with Crippen molar-refractivity contribution in [3.05, 3.63) is 35.9 Å². The zero-order valence-corrected chi connectivity index (χ0v) is 15.0. The Morgan fingerprint density at radius 1 is 1.12 bits per heavy atom. The molecule has 3 fully saturated rings. The van der Waals surface area contributed by atoms with Gasteiger partial charge in [-0.3, -0.25) is 9.69 Å². The number of hydrogen-bond donors (Lipinski definition) is 2. The highest BCUT2D eigenvalue weighted by atomic mass is 16.6. The summed E-state index contributed by atoms with van der Waals surface area (Å²) in [5, 5.41) is 12.8. The number of carbonyl (C=O) groups excluding carboxylic acids is 1. The quantitative estimate of drug-likeness (QED) is 0.818. The van der Waals surface area contributed by atoms with E-state index in [4.69, 9.17) is 9.47 Å². The van der Waals surface area contributed by atoms with Crippen molar-refractivity contribution in [1.82, 2.24) is 10.2 Å². The number of hydrogen-bond acceptors (Lipinski definition) is 5. The lowest BCUT2D eigenvalue weighted by atomic mass is 9.92. The lowest BCUT2D eigenvalue weighted by Crippen LogP contribution is -2.45. The lowest BCUT2D eigenvalue weighted by molar-refractivity contribution is -0.123. The van der Waals surface area contributed by atoms with Crippen LogP contribution in [0.5, 0.6) is 0 Å². The number of likely N-dealkylation sites (tertiary alicyclic amines) is 1. The lowest BCUT2D eigenvalue weighted by Gasteiger charge is -2.32. The van der Waals surface area contributed by atoms with Gasteiger partial charge in [0.2, 0.25) is 5.91 Å². The van der Waals surface area contributed by atoms with Gasteiger partial charge < -0.3 is 19.9 Å². The number of benzene rings is 1. The fraction of sp³-hybridized carbons (Fsp3) is 0.650. The first kappa shape index (κ1) is 17.9. The number of aliphatic hydroxyl groups excluding tert-OH is 1. The van der Waals surface area contributed by atoms with Crippen LogP contribution < -0.4 is 5.32 Å². The molecule has 0 unspecified atom stereocenters. The van der Waals surface area contributed by atoms with Crippen LogP contribution in [-0.2, 0) is 20.8 Å². The molecule has 0 saturated carbocycles. The average molecular weight is 360 g/mol. The summed E-state index contributed by atoms with van der Waals surface area (Å²) in [6.07, 6.45) is 1.61. The van der Waals surface area contributed by atoms with E-state index in [2.05, 4.69) is 34.5 Å². The third kappa shape index (κ3) is 4.09. The van der Waals surface area contributed by atoms with E-state index in [9.17, 15) is 9.90 Å². The molecule has 2 N–H and O–H groups in total. The molecular formula is C20H28N2O4. The van der Waals surface area contributed by atoms with Gasteiger partial charge in [0, 0.05) is 13.0 Å². The molecule has 0 spiro atoms. The number of ether oxygens (including phenoxy) is 2. The molecule has 26 heavy (non-hydrogen) atoms. The minimum absolute atomic E-state index is 0.0748. The summed E-state index contributed by atoms with van der Waals surface area (Å²) in [6.45, 7) is 3.79. The van der Waals surface area contributed by atoms with Crippen molar-refractivity contribution in [2.24, 2.45) is 5.92 Å². The summed E-state index contributed by atoms with van der Waals surface area (Å²) in [7, 11) is 0. The smallest absolute Gasteiger partial charge is 0.220 e. The van der Waals surface area contributed by atoms with Gasteiger partial charge in [-0.15, -0.1) is 0 Å². The molecule has 3 saturated heterocycles. The van der Waals surface area contributed by atoms with E-state index in [0.29, 0.717) is 25.6 Å². The third-order valence-corrected chi connectivity index (χ3v) is 5.80. The summed E-state index contributed by atoms with van der Waals surface area (Å²) < 4.78 is 11.1. The van der Waals surface area contributed by atoms with Crippen molar-refractivity contribution in [2.75, 3.05) is 26.3 Å². The van der Waals surface area contributed by atoms with Crippen LogP contribution in [0.15, 0.2) is 30.3 Å². The number of amides is 1. The number of fused-ring (bicyclic) bond motifs is 1.